The van der Waals surface area contributed by atoms with Gasteiger partial charge in [0.2, 0.25) is 5.28 Å². The number of pyridine rings is 1. The van der Waals surface area contributed by atoms with Crippen LogP contribution in [0.5, 0.6) is 0 Å². The summed E-state index contributed by atoms with van der Waals surface area (Å²) in [6.45, 7) is 1.83. The summed E-state index contributed by atoms with van der Waals surface area (Å²) in [5.74, 6) is 0. The number of nitrogens with zero attached hydrogens (tertiary/aromatic N) is 3. The van der Waals surface area contributed by atoms with Crippen LogP contribution in [-0.2, 0) is 0 Å². The maximum absolute atomic E-state index is 5.76. The molecule has 0 radical (unpaired) electrons. The molecule has 2 aromatic heterocycles. The van der Waals surface area contributed by atoms with Crippen molar-refractivity contribution in [2.75, 3.05) is 0 Å². The van der Waals surface area contributed by atoms with Crippen molar-refractivity contribution in [3.63, 3.8) is 0 Å². The van der Waals surface area contributed by atoms with Gasteiger partial charge in [0.15, 0.2) is 0 Å². The molecule has 0 atom stereocenters. The van der Waals surface area contributed by atoms with E-state index < -0.39 is 0 Å². The van der Waals surface area contributed by atoms with Gasteiger partial charge in [-0.1, -0.05) is 11.6 Å². The smallest absolute Gasteiger partial charge is 0.223 e. The number of hydrogen-bond acceptors (Lipinski definition) is 3. The highest BCUT2D eigenvalue weighted by molar-refractivity contribution is 6.31. The third kappa shape index (κ3) is 1.57. The summed E-state index contributed by atoms with van der Waals surface area (Å²) in [6, 6.07) is 1.71. The zero-order valence-electron chi connectivity index (χ0n) is 6.75. The molecular weight excluding hydrogens is 209 g/mol. The maximum atomic E-state index is 5.76. The Kier molecular flexibility index (Phi) is 2.06. The molecule has 0 saturated heterocycles. The molecule has 0 aliphatic carbocycles. The Balaban J connectivity index is 2.86. The number of hydrogen-bond donors (Lipinski definition) is 0. The molecule has 0 saturated carbocycles. The van der Waals surface area contributed by atoms with E-state index in [1.165, 1.54) is 0 Å². The standard InChI is InChI=1S/C8H5Cl2N3/c1-4-7-6(13-8(10)12-4)2-5(9)3-11-7/h2-3H,1H3. The zero-order chi connectivity index (χ0) is 9.42. The van der Waals surface area contributed by atoms with E-state index in [1.807, 2.05) is 6.92 Å². The highest BCUT2D eigenvalue weighted by Gasteiger charge is 2.03. The molecule has 0 spiro atoms. The molecule has 0 aromatic carbocycles. The minimum Gasteiger partial charge on any atom is -0.251 e. The Hall–Kier alpha value is -0.930. The first-order valence-corrected chi connectivity index (χ1v) is 4.38. The molecule has 2 heterocycles. The molecule has 2 aromatic rings. The number of aryl methyl sites for hydroxylation is 1. The molecule has 2 rings (SSSR count). The Morgan fingerprint density at radius 2 is 2.00 bits per heavy atom. The van der Waals surface area contributed by atoms with Crippen molar-refractivity contribution < 1.29 is 0 Å². The van der Waals surface area contributed by atoms with Crippen LogP contribution in [0, 0.1) is 6.92 Å². The van der Waals surface area contributed by atoms with Crippen LogP contribution in [0.3, 0.4) is 0 Å². The lowest BCUT2D eigenvalue weighted by Crippen LogP contribution is -1.91. The van der Waals surface area contributed by atoms with Crippen molar-refractivity contribution in [1.82, 2.24) is 15.0 Å². The van der Waals surface area contributed by atoms with Crippen LogP contribution in [0.15, 0.2) is 12.3 Å². The van der Waals surface area contributed by atoms with E-state index in [0.29, 0.717) is 10.5 Å². The van der Waals surface area contributed by atoms with E-state index in [0.717, 1.165) is 11.2 Å². The van der Waals surface area contributed by atoms with Crippen LogP contribution in [-0.4, -0.2) is 15.0 Å². The summed E-state index contributed by atoms with van der Waals surface area (Å²) in [6.07, 6.45) is 1.56. The Morgan fingerprint density at radius 3 is 2.77 bits per heavy atom. The molecule has 0 amide bonds. The molecule has 0 N–H and O–H groups in total. The molecule has 0 bridgehead atoms. The van der Waals surface area contributed by atoms with Gasteiger partial charge in [-0.05, 0) is 24.6 Å². The fourth-order valence-electron chi connectivity index (χ4n) is 1.11. The Bertz CT molecular complexity index is 465. The third-order valence-corrected chi connectivity index (χ3v) is 2.03. The second-order valence-electron chi connectivity index (χ2n) is 2.60. The van der Waals surface area contributed by atoms with Gasteiger partial charge in [-0.3, -0.25) is 4.98 Å². The topological polar surface area (TPSA) is 38.7 Å². The van der Waals surface area contributed by atoms with Gasteiger partial charge in [-0.2, -0.15) is 0 Å². The monoisotopic (exact) mass is 213 g/mol. The number of aromatic nitrogens is 3. The van der Waals surface area contributed by atoms with Crippen molar-refractivity contribution in [2.45, 2.75) is 6.92 Å². The van der Waals surface area contributed by atoms with Crippen LogP contribution in [0.1, 0.15) is 5.69 Å². The SMILES string of the molecule is Cc1nc(Cl)nc2cc(Cl)cnc12. The van der Waals surface area contributed by atoms with Gasteiger partial charge in [0.1, 0.15) is 5.52 Å². The highest BCUT2D eigenvalue weighted by atomic mass is 35.5. The van der Waals surface area contributed by atoms with E-state index in [2.05, 4.69) is 15.0 Å². The molecule has 3 nitrogen and oxygen atoms in total. The number of halogens is 2. The average molecular weight is 214 g/mol. The van der Waals surface area contributed by atoms with E-state index in [-0.39, 0.29) is 5.28 Å². The van der Waals surface area contributed by atoms with Crippen LogP contribution in [0.2, 0.25) is 10.3 Å². The molecule has 0 unspecified atom stereocenters. The zero-order valence-corrected chi connectivity index (χ0v) is 8.26. The number of rotatable bonds is 0. The molecular formula is C8H5Cl2N3. The third-order valence-electron chi connectivity index (χ3n) is 1.65. The summed E-state index contributed by atoms with van der Waals surface area (Å²) in [5.41, 5.74) is 2.16. The first-order valence-electron chi connectivity index (χ1n) is 3.62. The van der Waals surface area contributed by atoms with Crippen molar-refractivity contribution in [1.29, 1.82) is 0 Å². The van der Waals surface area contributed by atoms with Gasteiger partial charge >= 0.3 is 0 Å². The van der Waals surface area contributed by atoms with Gasteiger partial charge in [0, 0.05) is 6.20 Å². The second-order valence-corrected chi connectivity index (χ2v) is 3.37. The predicted molar refractivity (Wildman–Crippen MR) is 52.1 cm³/mol. The van der Waals surface area contributed by atoms with Crippen molar-refractivity contribution in [3.05, 3.63) is 28.3 Å². The van der Waals surface area contributed by atoms with Gasteiger partial charge < -0.3 is 0 Å². The van der Waals surface area contributed by atoms with Crippen molar-refractivity contribution in [2.24, 2.45) is 0 Å². The second kappa shape index (κ2) is 3.09. The average Bonchev–Trinajstić information content (AvgIpc) is 2.02. The highest BCUT2D eigenvalue weighted by Crippen LogP contribution is 2.18. The summed E-state index contributed by atoms with van der Waals surface area (Å²) in [5, 5.41) is 0.760. The van der Waals surface area contributed by atoms with E-state index >= 15 is 0 Å². The van der Waals surface area contributed by atoms with Crippen molar-refractivity contribution >= 4 is 34.2 Å². The number of fused-ring (bicyclic) bond motifs is 1. The molecule has 0 aliphatic heterocycles. The Labute approximate surface area is 84.7 Å². The lowest BCUT2D eigenvalue weighted by Gasteiger charge is -2.00. The molecule has 5 heteroatoms. The fraction of sp³-hybridized carbons (Fsp3) is 0.125. The first-order chi connectivity index (χ1) is 6.16. The summed E-state index contributed by atoms with van der Waals surface area (Å²) in [7, 11) is 0. The quantitative estimate of drug-likeness (QED) is 0.632. The van der Waals surface area contributed by atoms with Crippen LogP contribution in [0.4, 0.5) is 0 Å². The summed E-state index contributed by atoms with van der Waals surface area (Å²) >= 11 is 11.4. The van der Waals surface area contributed by atoms with Gasteiger partial charge in [-0.25, -0.2) is 9.97 Å². The fourth-order valence-corrected chi connectivity index (χ4v) is 1.48. The van der Waals surface area contributed by atoms with Gasteiger partial charge in [0.05, 0.1) is 16.2 Å². The minimum atomic E-state index is 0.217. The van der Waals surface area contributed by atoms with Crippen molar-refractivity contribution in [3.8, 4) is 0 Å². The van der Waals surface area contributed by atoms with E-state index in [9.17, 15) is 0 Å². The molecule has 13 heavy (non-hydrogen) atoms. The largest absolute Gasteiger partial charge is 0.251 e. The van der Waals surface area contributed by atoms with Crippen LogP contribution in [0.25, 0.3) is 11.0 Å². The Morgan fingerprint density at radius 1 is 1.23 bits per heavy atom. The minimum absolute atomic E-state index is 0.217. The van der Waals surface area contributed by atoms with Crippen LogP contribution >= 0.6 is 23.2 Å². The van der Waals surface area contributed by atoms with E-state index in [1.54, 1.807) is 12.3 Å². The van der Waals surface area contributed by atoms with Gasteiger partial charge in [-0.15, -0.1) is 0 Å². The van der Waals surface area contributed by atoms with E-state index in [4.69, 9.17) is 23.2 Å². The molecule has 66 valence electrons. The van der Waals surface area contributed by atoms with Crippen LogP contribution < -0.4 is 0 Å². The summed E-state index contributed by atoms with van der Waals surface area (Å²) < 4.78 is 0. The summed E-state index contributed by atoms with van der Waals surface area (Å²) in [4.78, 5) is 12.1. The first kappa shape index (κ1) is 8.66. The lowest BCUT2D eigenvalue weighted by molar-refractivity contribution is 1.13. The normalized spacial score (nSPS) is 10.7. The molecule has 0 fully saturated rings. The maximum Gasteiger partial charge on any atom is 0.223 e. The molecule has 0 aliphatic rings. The predicted octanol–water partition coefficient (Wildman–Crippen LogP) is 2.64. The lowest BCUT2D eigenvalue weighted by atomic mass is 10.3. The van der Waals surface area contributed by atoms with Gasteiger partial charge in [0.25, 0.3) is 0 Å².